The number of unbranched alkanes of at least 4 members (excludes halogenated alkanes) is 1. The molecule has 11 nitrogen and oxygen atoms in total. The van der Waals surface area contributed by atoms with Crippen molar-refractivity contribution in [3.63, 3.8) is 0 Å². The van der Waals surface area contributed by atoms with Gasteiger partial charge in [0.1, 0.15) is 23.3 Å². The third-order valence-corrected chi connectivity index (χ3v) is 7.59. The van der Waals surface area contributed by atoms with Gasteiger partial charge in [-0.15, -0.1) is 0 Å². The first-order valence-corrected chi connectivity index (χ1v) is 15.3. The van der Waals surface area contributed by atoms with Crippen LogP contribution in [0.25, 0.3) is 0 Å². The van der Waals surface area contributed by atoms with Crippen molar-refractivity contribution < 1.29 is 19.4 Å². The maximum Gasteiger partial charge on any atom is 0.243 e. The Labute approximate surface area is 265 Å². The van der Waals surface area contributed by atoms with Crippen molar-refractivity contribution in [3.8, 4) is 17.2 Å². The molecule has 3 aromatic rings. The Morgan fingerprint density at radius 2 is 1.53 bits per heavy atom. The molecule has 0 aromatic heterocycles. The van der Waals surface area contributed by atoms with Crippen LogP contribution in [0.1, 0.15) is 60.4 Å². The number of amides is 2. The van der Waals surface area contributed by atoms with Crippen molar-refractivity contribution in [1.82, 2.24) is 16.0 Å². The van der Waals surface area contributed by atoms with Gasteiger partial charge in [0.15, 0.2) is 5.96 Å². The predicted molar refractivity (Wildman–Crippen MR) is 177 cm³/mol. The van der Waals surface area contributed by atoms with Crippen molar-refractivity contribution in [3.05, 3.63) is 89.0 Å². The number of guanidine groups is 1. The second-order valence-corrected chi connectivity index (χ2v) is 11.2. The lowest BCUT2D eigenvalue weighted by Gasteiger charge is -2.26. The number of phenolic OH excluding ortho intramolecular Hbond substituents is 1. The summed E-state index contributed by atoms with van der Waals surface area (Å²) in [5.41, 5.74) is 20.7. The molecule has 0 aliphatic rings. The zero-order valence-corrected chi connectivity index (χ0v) is 26.1. The van der Waals surface area contributed by atoms with Crippen molar-refractivity contribution in [2.45, 2.75) is 70.5 Å². The fraction of sp³-hybridized carbons (Fsp3) is 0.382. The van der Waals surface area contributed by atoms with E-state index in [1.807, 2.05) is 68.4 Å². The molecule has 0 heterocycles. The summed E-state index contributed by atoms with van der Waals surface area (Å²) in [6, 6.07) is 18.3. The summed E-state index contributed by atoms with van der Waals surface area (Å²) >= 11 is 0. The van der Waals surface area contributed by atoms with Crippen LogP contribution in [0.15, 0.2) is 66.7 Å². The molecule has 3 atom stereocenters. The average molecular weight is 618 g/mol. The first-order valence-electron chi connectivity index (χ1n) is 15.3. The van der Waals surface area contributed by atoms with Gasteiger partial charge in [0.05, 0.1) is 12.1 Å². The van der Waals surface area contributed by atoms with Crippen LogP contribution < -0.4 is 37.9 Å². The minimum atomic E-state index is -0.918. The van der Waals surface area contributed by atoms with Gasteiger partial charge >= 0.3 is 0 Å². The molecule has 11 heteroatoms. The Morgan fingerprint density at radius 1 is 0.889 bits per heavy atom. The van der Waals surface area contributed by atoms with Gasteiger partial charge in [0.2, 0.25) is 11.8 Å². The molecule has 0 bridgehead atoms. The second-order valence-electron chi connectivity index (χ2n) is 11.2. The summed E-state index contributed by atoms with van der Waals surface area (Å²) in [5, 5.41) is 26.1. The van der Waals surface area contributed by atoms with Gasteiger partial charge in [-0.1, -0.05) is 30.3 Å². The molecule has 11 N–H and O–H groups in total. The number of hydrogen-bond acceptors (Lipinski definition) is 7. The Morgan fingerprint density at radius 3 is 2.16 bits per heavy atom. The molecule has 2 amide bonds. The Hall–Kier alpha value is -4.61. The molecule has 0 saturated heterocycles. The molecule has 0 aliphatic carbocycles. The van der Waals surface area contributed by atoms with E-state index in [4.69, 9.17) is 27.3 Å². The van der Waals surface area contributed by atoms with Crippen LogP contribution in [0.4, 0.5) is 0 Å². The quantitative estimate of drug-likeness (QED) is 0.0639. The van der Waals surface area contributed by atoms with E-state index < -0.39 is 18.0 Å². The van der Waals surface area contributed by atoms with Gasteiger partial charge in [-0.3, -0.25) is 15.0 Å². The topological polar surface area (TPSA) is 202 Å². The van der Waals surface area contributed by atoms with E-state index in [0.29, 0.717) is 38.1 Å². The summed E-state index contributed by atoms with van der Waals surface area (Å²) in [5.74, 6) is 0.596. The number of phenols is 1. The van der Waals surface area contributed by atoms with Crippen LogP contribution in [0.2, 0.25) is 0 Å². The molecule has 0 aliphatic heterocycles. The highest BCUT2D eigenvalue weighted by Crippen LogP contribution is 2.26. The molecule has 3 rings (SSSR count). The summed E-state index contributed by atoms with van der Waals surface area (Å²) in [4.78, 5) is 27.1. The minimum absolute atomic E-state index is 0.139. The van der Waals surface area contributed by atoms with Crippen molar-refractivity contribution in [2.75, 3.05) is 13.1 Å². The van der Waals surface area contributed by atoms with Gasteiger partial charge in [-0.2, -0.15) is 0 Å². The summed E-state index contributed by atoms with van der Waals surface area (Å²) in [7, 11) is 0. The molecule has 0 unspecified atom stereocenters. The predicted octanol–water partition coefficient (Wildman–Crippen LogP) is 3.41. The normalized spacial score (nSPS) is 12.9. The average Bonchev–Trinajstić information content (AvgIpc) is 3.00. The molecule has 242 valence electrons. The number of hydrogen-bond donors (Lipinski definition) is 8. The summed E-state index contributed by atoms with van der Waals surface area (Å²) in [6.45, 7) is 4.68. The number of aromatic hydroxyl groups is 1. The lowest BCUT2D eigenvalue weighted by Crippen LogP contribution is -2.53. The van der Waals surface area contributed by atoms with Crippen molar-refractivity contribution in [2.24, 2.45) is 17.2 Å². The van der Waals surface area contributed by atoms with Crippen LogP contribution in [-0.4, -0.2) is 48.1 Å². The molecule has 0 spiro atoms. The monoisotopic (exact) mass is 617 g/mol. The molecule has 3 aromatic carbocycles. The van der Waals surface area contributed by atoms with E-state index in [-0.39, 0.29) is 30.1 Å². The number of rotatable bonds is 17. The Kier molecular flexibility index (Phi) is 13.7. The number of nitrogens with one attached hydrogen (secondary N) is 4. The number of benzene rings is 3. The number of carbonyl (C=O) groups excluding carboxylic acids is 2. The highest BCUT2D eigenvalue weighted by molar-refractivity contribution is 5.90. The van der Waals surface area contributed by atoms with Crippen molar-refractivity contribution >= 4 is 17.8 Å². The Bertz CT molecular complexity index is 1380. The van der Waals surface area contributed by atoms with Gasteiger partial charge in [0.25, 0.3) is 0 Å². The first-order chi connectivity index (χ1) is 21.6. The summed E-state index contributed by atoms with van der Waals surface area (Å²) < 4.78 is 5.94. The van der Waals surface area contributed by atoms with Gasteiger partial charge in [-0.25, -0.2) is 0 Å². The number of nitrogens with two attached hydrogens (primary N) is 3. The molecule has 0 fully saturated rings. The standard InChI is InChI=1S/C34H47N7O4/c1-22-19-25(42)20-23(2)28(22)21-31(41-32(43)29(36)11-8-18-39-34(37)38)33(44)40-30(12-6-7-17-35)24-13-15-27(16-14-24)45-26-9-4-3-5-10-26/h3-5,9-10,13-16,19-20,29-31,42H,6-8,11-12,17-18,21,35-36H2,1-2H3,(H,40,44)(H,41,43)(H4,37,38,39)/t29-,30+,31+/m1/s1. The molecular weight excluding hydrogens is 570 g/mol. The largest absolute Gasteiger partial charge is 0.508 e. The van der Waals surface area contributed by atoms with Crippen LogP contribution in [0, 0.1) is 19.3 Å². The van der Waals surface area contributed by atoms with E-state index >= 15 is 0 Å². The van der Waals surface area contributed by atoms with Crippen LogP contribution in [0.5, 0.6) is 17.2 Å². The summed E-state index contributed by atoms with van der Waals surface area (Å²) in [6.07, 6.45) is 3.35. The van der Waals surface area contributed by atoms with Crippen LogP contribution in [0.3, 0.4) is 0 Å². The molecule has 45 heavy (non-hydrogen) atoms. The number of para-hydroxylation sites is 1. The van der Waals surface area contributed by atoms with E-state index in [1.54, 1.807) is 12.1 Å². The highest BCUT2D eigenvalue weighted by Gasteiger charge is 2.27. The van der Waals surface area contributed by atoms with E-state index in [0.717, 1.165) is 40.8 Å². The lowest BCUT2D eigenvalue weighted by molar-refractivity contribution is -0.130. The van der Waals surface area contributed by atoms with Crippen LogP contribution >= 0.6 is 0 Å². The third-order valence-electron chi connectivity index (χ3n) is 7.59. The zero-order valence-electron chi connectivity index (χ0n) is 26.1. The van der Waals surface area contributed by atoms with Crippen LogP contribution in [-0.2, 0) is 16.0 Å². The number of ether oxygens (including phenoxy) is 1. The third kappa shape index (κ3) is 11.4. The zero-order chi connectivity index (χ0) is 32.8. The van der Waals surface area contributed by atoms with E-state index in [9.17, 15) is 14.7 Å². The lowest BCUT2D eigenvalue weighted by atomic mass is 9.94. The second kappa shape index (κ2) is 17.6. The maximum atomic E-state index is 13.9. The van der Waals surface area contributed by atoms with Gasteiger partial charge in [-0.05, 0) is 111 Å². The smallest absolute Gasteiger partial charge is 0.243 e. The van der Waals surface area contributed by atoms with E-state index in [1.165, 1.54) is 0 Å². The fourth-order valence-electron chi connectivity index (χ4n) is 5.14. The van der Waals surface area contributed by atoms with Crippen molar-refractivity contribution in [1.29, 1.82) is 5.41 Å². The van der Waals surface area contributed by atoms with E-state index in [2.05, 4.69) is 16.0 Å². The first kappa shape index (κ1) is 34.9. The number of carbonyl (C=O) groups is 2. The molecular formula is C34H47N7O4. The minimum Gasteiger partial charge on any atom is -0.508 e. The SMILES string of the molecule is Cc1cc(O)cc(C)c1C[C@H](NC(=O)[C@H](N)CCCNC(=N)N)C(=O)N[C@@H](CCCCN)c1ccc(Oc2ccccc2)cc1. The van der Waals surface area contributed by atoms with Gasteiger partial charge in [0, 0.05) is 13.0 Å². The van der Waals surface area contributed by atoms with Gasteiger partial charge < -0.3 is 43.0 Å². The number of aryl methyl sites for hydroxylation is 2. The maximum absolute atomic E-state index is 13.9. The Balaban J connectivity index is 1.81. The molecule has 0 saturated carbocycles. The molecule has 0 radical (unpaired) electrons. The highest BCUT2D eigenvalue weighted by atomic mass is 16.5. The fourth-order valence-corrected chi connectivity index (χ4v) is 5.14.